The first-order chi connectivity index (χ1) is 5.75. The van der Waals surface area contributed by atoms with Crippen molar-refractivity contribution in [3.63, 3.8) is 0 Å². The number of epoxide rings is 1. The molecule has 1 saturated heterocycles. The average molecular weight is 168 g/mol. The second kappa shape index (κ2) is 2.02. The number of rotatable bonds is 1. The molecule has 0 spiro atoms. The molecule has 0 aromatic heterocycles. The Bertz CT molecular complexity index is 238. The molecule has 1 heterocycles. The van der Waals surface area contributed by atoms with Gasteiger partial charge in [-0.1, -0.05) is 0 Å². The predicted octanol–water partition coefficient (Wildman–Crippen LogP) is 0.725. The predicted molar refractivity (Wildman–Crippen MR) is 40.4 cm³/mol. The smallest absolute Gasteiger partial charge is 0.302 e. The van der Waals surface area contributed by atoms with Gasteiger partial charge in [-0.15, -0.1) is 0 Å². The maximum Gasteiger partial charge on any atom is 0.302 e. The van der Waals surface area contributed by atoms with Crippen LogP contribution in [0, 0.1) is 11.8 Å². The zero-order valence-corrected chi connectivity index (χ0v) is 7.03. The molecule has 66 valence electrons. The summed E-state index contributed by atoms with van der Waals surface area (Å²) in [5, 5.41) is 0. The van der Waals surface area contributed by atoms with Gasteiger partial charge in [-0.05, 0) is 18.8 Å². The highest BCUT2D eigenvalue weighted by atomic mass is 16.6. The van der Waals surface area contributed by atoms with E-state index < -0.39 is 0 Å². The van der Waals surface area contributed by atoms with Crippen LogP contribution in [0.3, 0.4) is 0 Å². The molecule has 2 bridgehead atoms. The largest absolute Gasteiger partial charge is 0.462 e. The van der Waals surface area contributed by atoms with E-state index >= 15 is 0 Å². The molecule has 3 fully saturated rings. The van der Waals surface area contributed by atoms with Crippen LogP contribution in [0.25, 0.3) is 0 Å². The minimum absolute atomic E-state index is 0.148. The zero-order valence-electron chi connectivity index (χ0n) is 7.03. The molecule has 3 aliphatic rings. The Labute approximate surface area is 71.0 Å². The summed E-state index contributed by atoms with van der Waals surface area (Å²) in [7, 11) is 0. The third-order valence-corrected chi connectivity index (χ3v) is 3.35. The van der Waals surface area contributed by atoms with E-state index in [-0.39, 0.29) is 12.1 Å². The molecule has 0 unspecified atom stereocenters. The Morgan fingerprint density at radius 2 is 2.25 bits per heavy atom. The van der Waals surface area contributed by atoms with Crippen LogP contribution in [0.15, 0.2) is 0 Å². The zero-order chi connectivity index (χ0) is 8.29. The molecule has 1 aliphatic heterocycles. The number of hydrogen-bond acceptors (Lipinski definition) is 3. The van der Waals surface area contributed by atoms with E-state index in [1.165, 1.54) is 13.3 Å². The minimum atomic E-state index is -0.148. The SMILES string of the molecule is CC(=O)O[C@@H]1C[C@H]2C[C@@H]1[C@@H]1O[C@H]21. The van der Waals surface area contributed by atoms with Crippen molar-refractivity contribution in [2.45, 2.75) is 38.1 Å². The summed E-state index contributed by atoms with van der Waals surface area (Å²) < 4.78 is 10.7. The molecule has 2 saturated carbocycles. The highest BCUT2D eigenvalue weighted by molar-refractivity contribution is 5.66. The summed E-state index contributed by atoms with van der Waals surface area (Å²) in [5.74, 6) is 1.05. The summed E-state index contributed by atoms with van der Waals surface area (Å²) in [6.45, 7) is 1.48. The normalized spacial score (nSPS) is 53.6. The van der Waals surface area contributed by atoms with Gasteiger partial charge in [-0.2, -0.15) is 0 Å². The third kappa shape index (κ3) is 0.774. The number of fused-ring (bicyclic) bond motifs is 5. The number of carbonyl (C=O) groups is 1. The Balaban J connectivity index is 1.72. The molecule has 0 aromatic rings. The van der Waals surface area contributed by atoms with E-state index in [4.69, 9.17) is 9.47 Å². The Morgan fingerprint density at radius 3 is 2.83 bits per heavy atom. The lowest BCUT2D eigenvalue weighted by molar-refractivity contribution is -0.148. The van der Waals surface area contributed by atoms with Crippen LogP contribution >= 0.6 is 0 Å². The fourth-order valence-electron chi connectivity index (χ4n) is 2.89. The molecule has 3 heteroatoms. The van der Waals surface area contributed by atoms with Crippen molar-refractivity contribution in [3.05, 3.63) is 0 Å². The fourth-order valence-corrected chi connectivity index (χ4v) is 2.89. The van der Waals surface area contributed by atoms with Gasteiger partial charge in [0.05, 0.1) is 12.2 Å². The lowest BCUT2D eigenvalue weighted by Gasteiger charge is -2.18. The molecule has 0 amide bonds. The molecule has 0 N–H and O–H groups in total. The number of esters is 1. The second-order valence-corrected chi connectivity index (χ2v) is 4.11. The number of carbonyl (C=O) groups excluding carboxylic acids is 1. The van der Waals surface area contributed by atoms with Gasteiger partial charge in [0.2, 0.25) is 0 Å². The minimum Gasteiger partial charge on any atom is -0.462 e. The molecule has 5 atom stereocenters. The van der Waals surface area contributed by atoms with Crippen molar-refractivity contribution in [1.29, 1.82) is 0 Å². The van der Waals surface area contributed by atoms with Crippen molar-refractivity contribution in [1.82, 2.24) is 0 Å². The molecule has 2 aliphatic carbocycles. The molecular weight excluding hydrogens is 156 g/mol. The highest BCUT2D eigenvalue weighted by Crippen LogP contribution is 2.57. The van der Waals surface area contributed by atoms with E-state index in [2.05, 4.69) is 0 Å². The maximum atomic E-state index is 10.7. The van der Waals surface area contributed by atoms with Crippen molar-refractivity contribution in [3.8, 4) is 0 Å². The van der Waals surface area contributed by atoms with E-state index in [0.29, 0.717) is 24.0 Å². The second-order valence-electron chi connectivity index (χ2n) is 4.11. The van der Waals surface area contributed by atoms with E-state index in [0.717, 1.165) is 6.42 Å². The van der Waals surface area contributed by atoms with Crippen LogP contribution in [0.2, 0.25) is 0 Å². The Hall–Kier alpha value is -0.570. The van der Waals surface area contributed by atoms with E-state index in [9.17, 15) is 4.79 Å². The molecule has 12 heavy (non-hydrogen) atoms. The van der Waals surface area contributed by atoms with Crippen molar-refractivity contribution < 1.29 is 14.3 Å². The van der Waals surface area contributed by atoms with Crippen molar-refractivity contribution in [2.24, 2.45) is 11.8 Å². The third-order valence-electron chi connectivity index (χ3n) is 3.35. The monoisotopic (exact) mass is 168 g/mol. The van der Waals surface area contributed by atoms with Crippen molar-refractivity contribution >= 4 is 5.97 Å². The van der Waals surface area contributed by atoms with Crippen LogP contribution in [0.4, 0.5) is 0 Å². The van der Waals surface area contributed by atoms with E-state index in [1.807, 2.05) is 0 Å². The van der Waals surface area contributed by atoms with Gasteiger partial charge in [-0.25, -0.2) is 0 Å². The quantitative estimate of drug-likeness (QED) is 0.428. The van der Waals surface area contributed by atoms with Gasteiger partial charge in [-0.3, -0.25) is 4.79 Å². The standard InChI is InChI=1S/C9H12O3/c1-4(10)11-7-3-5-2-6(7)9-8(5)12-9/h5-9H,2-3H2,1H3/t5-,6+,7-,8-,9+/m1/s1. The highest BCUT2D eigenvalue weighted by Gasteiger charge is 2.64. The summed E-state index contributed by atoms with van der Waals surface area (Å²) in [6.07, 6.45) is 3.38. The van der Waals surface area contributed by atoms with Crippen LogP contribution in [-0.2, 0) is 14.3 Å². The molecule has 3 nitrogen and oxygen atoms in total. The van der Waals surface area contributed by atoms with Crippen LogP contribution in [0.1, 0.15) is 19.8 Å². The Kier molecular flexibility index (Phi) is 1.16. The average Bonchev–Trinajstić information content (AvgIpc) is 2.61. The van der Waals surface area contributed by atoms with Crippen molar-refractivity contribution in [2.75, 3.05) is 0 Å². The fraction of sp³-hybridized carbons (Fsp3) is 0.889. The lowest BCUT2D eigenvalue weighted by Crippen LogP contribution is -2.27. The van der Waals surface area contributed by atoms with Gasteiger partial charge in [0.15, 0.2) is 0 Å². The Morgan fingerprint density at radius 1 is 1.42 bits per heavy atom. The summed E-state index contributed by atoms with van der Waals surface area (Å²) in [4.78, 5) is 10.7. The van der Waals surface area contributed by atoms with Gasteiger partial charge in [0.1, 0.15) is 6.10 Å². The molecular formula is C9H12O3. The van der Waals surface area contributed by atoms with Gasteiger partial charge in [0.25, 0.3) is 0 Å². The summed E-state index contributed by atoms with van der Waals surface area (Å²) in [5.41, 5.74) is 0. The van der Waals surface area contributed by atoms with Crippen LogP contribution in [0.5, 0.6) is 0 Å². The first-order valence-electron chi connectivity index (χ1n) is 4.58. The first-order valence-corrected chi connectivity index (χ1v) is 4.58. The van der Waals surface area contributed by atoms with Gasteiger partial charge >= 0.3 is 5.97 Å². The maximum absolute atomic E-state index is 10.7. The molecule has 0 aromatic carbocycles. The lowest BCUT2D eigenvalue weighted by atomic mass is 9.98. The molecule has 3 rings (SSSR count). The van der Waals surface area contributed by atoms with Gasteiger partial charge < -0.3 is 9.47 Å². The summed E-state index contributed by atoms with van der Waals surface area (Å²) in [6, 6.07) is 0. The number of ether oxygens (including phenoxy) is 2. The topological polar surface area (TPSA) is 38.8 Å². The molecule has 0 radical (unpaired) electrons. The van der Waals surface area contributed by atoms with E-state index in [1.54, 1.807) is 0 Å². The van der Waals surface area contributed by atoms with Crippen LogP contribution in [-0.4, -0.2) is 24.3 Å². The van der Waals surface area contributed by atoms with Gasteiger partial charge in [0, 0.05) is 12.8 Å². The number of hydrogen-bond donors (Lipinski definition) is 0. The first kappa shape index (κ1) is 6.89. The van der Waals surface area contributed by atoms with Crippen LogP contribution < -0.4 is 0 Å². The summed E-state index contributed by atoms with van der Waals surface area (Å²) >= 11 is 0.